The van der Waals surface area contributed by atoms with Crippen molar-refractivity contribution in [2.24, 2.45) is 7.05 Å². The van der Waals surface area contributed by atoms with Crippen LogP contribution in [-0.2, 0) is 25.4 Å². The molecule has 7 nitrogen and oxygen atoms in total. The molecule has 7 heteroatoms. The highest BCUT2D eigenvalue weighted by atomic mass is 16.1. The number of hydrogen-bond donors (Lipinski definition) is 1. The minimum absolute atomic E-state index is 0.0166. The van der Waals surface area contributed by atoms with Crippen LogP contribution in [-0.4, -0.2) is 51.8 Å². The van der Waals surface area contributed by atoms with Gasteiger partial charge in [-0.1, -0.05) is 0 Å². The van der Waals surface area contributed by atoms with Crippen molar-refractivity contribution in [1.82, 2.24) is 24.6 Å². The summed E-state index contributed by atoms with van der Waals surface area (Å²) in [4.78, 5) is 24.7. The fourth-order valence-electron chi connectivity index (χ4n) is 4.55. The lowest BCUT2D eigenvalue weighted by Crippen LogP contribution is -2.45. The molecule has 1 aliphatic heterocycles. The second-order valence-corrected chi connectivity index (χ2v) is 8.08. The van der Waals surface area contributed by atoms with Crippen LogP contribution in [0, 0.1) is 6.92 Å². The van der Waals surface area contributed by atoms with E-state index in [2.05, 4.69) is 21.9 Å². The fraction of sp³-hybridized carbons (Fsp3) is 0.632. The molecule has 1 unspecified atom stereocenters. The standard InChI is InChI=1S/C19H28N6O/c1-13-14(10-20-24(13)4)11-25-9-5-7-19(12-25)8-6-15-16(19)21-18(23(2)3)22-17(15)26/h10H,5-9,11-12H2,1-4H3,(H,21,22,26). The van der Waals surface area contributed by atoms with Gasteiger partial charge in [0.15, 0.2) is 0 Å². The molecule has 1 aliphatic carbocycles. The second kappa shape index (κ2) is 6.23. The number of fused-ring (bicyclic) bond motifs is 2. The molecule has 2 aliphatic rings. The summed E-state index contributed by atoms with van der Waals surface area (Å²) < 4.78 is 1.93. The Hall–Kier alpha value is -2.15. The minimum Gasteiger partial charge on any atom is -0.348 e. The first-order chi connectivity index (χ1) is 12.4. The Morgan fingerprint density at radius 3 is 2.85 bits per heavy atom. The van der Waals surface area contributed by atoms with Gasteiger partial charge in [0.2, 0.25) is 5.95 Å². The molecule has 2 aromatic rings. The van der Waals surface area contributed by atoms with Gasteiger partial charge in [0.25, 0.3) is 5.56 Å². The smallest absolute Gasteiger partial charge is 0.255 e. The number of piperidine rings is 1. The molecule has 4 rings (SSSR count). The molecule has 3 heterocycles. The van der Waals surface area contributed by atoms with Crippen molar-refractivity contribution < 1.29 is 0 Å². The third kappa shape index (κ3) is 2.74. The third-order valence-electron chi connectivity index (χ3n) is 6.17. The highest BCUT2D eigenvalue weighted by Gasteiger charge is 2.44. The normalized spacial score (nSPS) is 22.8. The fourth-order valence-corrected chi connectivity index (χ4v) is 4.55. The number of anilines is 1. The van der Waals surface area contributed by atoms with Gasteiger partial charge in [-0.3, -0.25) is 19.4 Å². The molecule has 140 valence electrons. The maximum absolute atomic E-state index is 12.5. The Morgan fingerprint density at radius 1 is 1.35 bits per heavy atom. The molecule has 0 bridgehead atoms. The number of hydrogen-bond acceptors (Lipinski definition) is 5. The number of likely N-dealkylation sites (tertiary alicyclic amines) is 1. The van der Waals surface area contributed by atoms with Crippen LogP contribution in [0.15, 0.2) is 11.0 Å². The van der Waals surface area contributed by atoms with Gasteiger partial charge in [-0.2, -0.15) is 5.10 Å². The predicted octanol–water partition coefficient (Wildman–Crippen LogP) is 1.36. The van der Waals surface area contributed by atoms with Crippen LogP contribution in [0.1, 0.15) is 41.8 Å². The van der Waals surface area contributed by atoms with Gasteiger partial charge >= 0.3 is 0 Å². The van der Waals surface area contributed by atoms with Gasteiger partial charge in [-0.05, 0) is 39.2 Å². The summed E-state index contributed by atoms with van der Waals surface area (Å²) in [6, 6.07) is 0. The number of nitrogens with one attached hydrogen (secondary N) is 1. The van der Waals surface area contributed by atoms with Gasteiger partial charge in [-0.25, -0.2) is 4.98 Å². The number of rotatable bonds is 3. The van der Waals surface area contributed by atoms with Crippen LogP contribution in [0.5, 0.6) is 0 Å². The number of aromatic nitrogens is 4. The van der Waals surface area contributed by atoms with Gasteiger partial charge in [-0.15, -0.1) is 0 Å². The van der Waals surface area contributed by atoms with E-state index in [-0.39, 0.29) is 11.0 Å². The van der Waals surface area contributed by atoms with E-state index in [1.165, 1.54) is 11.3 Å². The lowest BCUT2D eigenvalue weighted by Gasteiger charge is -2.40. The zero-order valence-corrected chi connectivity index (χ0v) is 16.2. The number of aromatic amines is 1. The molecular formula is C19H28N6O. The zero-order chi connectivity index (χ0) is 18.5. The Balaban J connectivity index is 1.64. The number of H-pyrrole nitrogens is 1. The van der Waals surface area contributed by atoms with Crippen LogP contribution < -0.4 is 10.5 Å². The molecule has 1 atom stereocenters. The van der Waals surface area contributed by atoms with E-state index >= 15 is 0 Å². The maximum Gasteiger partial charge on any atom is 0.255 e. The van der Waals surface area contributed by atoms with Gasteiger partial charge in [0.05, 0.1) is 11.9 Å². The molecule has 0 aromatic carbocycles. The molecule has 1 saturated heterocycles. The summed E-state index contributed by atoms with van der Waals surface area (Å²) >= 11 is 0. The van der Waals surface area contributed by atoms with E-state index in [1.54, 1.807) is 0 Å². The van der Waals surface area contributed by atoms with Crippen LogP contribution in [0.3, 0.4) is 0 Å². The summed E-state index contributed by atoms with van der Waals surface area (Å²) in [6.07, 6.45) is 6.10. The molecule has 0 radical (unpaired) electrons. The average Bonchev–Trinajstić information content (AvgIpc) is 3.11. The van der Waals surface area contributed by atoms with Crippen molar-refractivity contribution in [1.29, 1.82) is 0 Å². The predicted molar refractivity (Wildman–Crippen MR) is 102 cm³/mol. The summed E-state index contributed by atoms with van der Waals surface area (Å²) in [5, 5.41) is 4.38. The van der Waals surface area contributed by atoms with Crippen molar-refractivity contribution in [2.75, 3.05) is 32.1 Å². The van der Waals surface area contributed by atoms with Crippen LogP contribution in [0.2, 0.25) is 0 Å². The first-order valence-corrected chi connectivity index (χ1v) is 9.40. The van der Waals surface area contributed by atoms with Gasteiger partial charge < -0.3 is 4.90 Å². The van der Waals surface area contributed by atoms with Crippen molar-refractivity contribution >= 4 is 5.95 Å². The summed E-state index contributed by atoms with van der Waals surface area (Å²) in [6.45, 7) is 5.10. The van der Waals surface area contributed by atoms with Crippen molar-refractivity contribution in [3.8, 4) is 0 Å². The quantitative estimate of drug-likeness (QED) is 0.899. The molecule has 1 N–H and O–H groups in total. The molecule has 0 amide bonds. The first-order valence-electron chi connectivity index (χ1n) is 9.40. The molecule has 26 heavy (non-hydrogen) atoms. The van der Waals surface area contributed by atoms with E-state index in [4.69, 9.17) is 4.98 Å². The monoisotopic (exact) mass is 356 g/mol. The van der Waals surface area contributed by atoms with Crippen LogP contribution in [0.25, 0.3) is 0 Å². The largest absolute Gasteiger partial charge is 0.348 e. The Morgan fingerprint density at radius 2 is 2.15 bits per heavy atom. The topological polar surface area (TPSA) is 70.1 Å². The van der Waals surface area contributed by atoms with Crippen molar-refractivity contribution in [3.05, 3.63) is 39.1 Å². The minimum atomic E-state index is 0.0166. The van der Waals surface area contributed by atoms with E-state index in [0.29, 0.717) is 5.95 Å². The van der Waals surface area contributed by atoms with Crippen molar-refractivity contribution in [2.45, 2.75) is 44.6 Å². The zero-order valence-electron chi connectivity index (χ0n) is 16.2. The van der Waals surface area contributed by atoms with Crippen molar-refractivity contribution in [3.63, 3.8) is 0 Å². The maximum atomic E-state index is 12.5. The lowest BCUT2D eigenvalue weighted by atomic mass is 9.77. The highest BCUT2D eigenvalue weighted by molar-refractivity contribution is 5.39. The van der Waals surface area contributed by atoms with E-state index in [9.17, 15) is 4.79 Å². The molecular weight excluding hydrogens is 328 g/mol. The number of nitrogens with zero attached hydrogens (tertiary/aromatic N) is 5. The van der Waals surface area contributed by atoms with Gasteiger partial charge in [0.1, 0.15) is 0 Å². The molecule has 1 fully saturated rings. The SMILES string of the molecule is Cc1c(CN2CCCC3(CCc4c3nc(N(C)C)[nH]c4=O)C2)cnn1C. The second-order valence-electron chi connectivity index (χ2n) is 8.08. The Kier molecular flexibility index (Phi) is 4.14. The van der Waals surface area contributed by atoms with E-state index in [0.717, 1.165) is 56.6 Å². The van der Waals surface area contributed by atoms with Gasteiger partial charge in [0, 0.05) is 56.5 Å². The molecule has 0 saturated carbocycles. The Labute approximate surface area is 154 Å². The lowest BCUT2D eigenvalue weighted by molar-refractivity contribution is 0.136. The number of aryl methyl sites for hydroxylation is 1. The summed E-state index contributed by atoms with van der Waals surface area (Å²) in [7, 11) is 5.83. The first kappa shape index (κ1) is 17.3. The van der Waals surface area contributed by atoms with E-state index in [1.807, 2.05) is 36.9 Å². The average molecular weight is 356 g/mol. The summed E-state index contributed by atoms with van der Waals surface area (Å²) in [5.74, 6) is 0.662. The summed E-state index contributed by atoms with van der Waals surface area (Å²) in [5.41, 5.74) is 4.50. The molecule has 1 spiro atoms. The highest BCUT2D eigenvalue weighted by Crippen LogP contribution is 2.43. The molecule has 2 aromatic heterocycles. The van der Waals surface area contributed by atoms with E-state index < -0.39 is 0 Å². The Bertz CT molecular complexity index is 883. The van der Waals surface area contributed by atoms with Crippen LogP contribution in [0.4, 0.5) is 5.95 Å². The third-order valence-corrected chi connectivity index (χ3v) is 6.17. The van der Waals surface area contributed by atoms with Crippen LogP contribution >= 0.6 is 0 Å².